The first kappa shape index (κ1) is 17.6. The molecule has 2 N–H and O–H groups in total. The summed E-state index contributed by atoms with van der Waals surface area (Å²) >= 11 is 0. The van der Waals surface area contributed by atoms with E-state index >= 15 is 0 Å². The summed E-state index contributed by atoms with van der Waals surface area (Å²) < 4.78 is 27.6. The van der Waals surface area contributed by atoms with Crippen molar-refractivity contribution in [3.05, 3.63) is 36.0 Å². The largest absolute Gasteiger partial charge is 0.391 e. The number of halogens is 2. The molecule has 0 radical (unpaired) electrons. The molecular weight excluding hydrogens is 336 g/mol. The van der Waals surface area contributed by atoms with Crippen LogP contribution >= 0.6 is 0 Å². The predicted octanol–water partition coefficient (Wildman–Crippen LogP) is 3.69. The molecule has 6 heteroatoms. The highest BCUT2D eigenvalue weighted by Gasteiger charge is 2.31. The first-order valence-electron chi connectivity index (χ1n) is 9.54. The zero-order valence-electron chi connectivity index (χ0n) is 14.8. The molecule has 0 spiro atoms. The molecule has 0 amide bonds. The average molecular weight is 361 g/mol. The number of likely N-dealkylation sites (tertiary alicyclic amines) is 1. The number of nitrogens with one attached hydrogen (secondary N) is 1. The van der Waals surface area contributed by atoms with Gasteiger partial charge in [0.1, 0.15) is 11.3 Å². The molecule has 2 fully saturated rings. The van der Waals surface area contributed by atoms with E-state index in [2.05, 4.69) is 15.2 Å². The molecule has 1 saturated heterocycles. The highest BCUT2D eigenvalue weighted by atomic mass is 19.1. The Morgan fingerprint density at radius 1 is 1.08 bits per heavy atom. The molecule has 4 rings (SSSR count). The fourth-order valence-electron chi connectivity index (χ4n) is 4.42. The van der Waals surface area contributed by atoms with Gasteiger partial charge >= 0.3 is 0 Å². The number of fused-ring (bicyclic) bond motifs is 1. The van der Waals surface area contributed by atoms with Crippen LogP contribution in [0.15, 0.2) is 24.4 Å². The molecule has 1 aromatic heterocycles. The van der Waals surface area contributed by atoms with Crippen LogP contribution in [0.2, 0.25) is 0 Å². The number of piperidine rings is 1. The SMILES string of the molecule is OC1CCCCC1N1CCC(Nc2ccnc3c(F)cc(F)cc23)CC1. The maximum absolute atomic E-state index is 13.9. The number of hydrogen-bond acceptors (Lipinski definition) is 4. The van der Waals surface area contributed by atoms with E-state index in [-0.39, 0.29) is 23.7 Å². The van der Waals surface area contributed by atoms with Crippen LogP contribution in [0.4, 0.5) is 14.5 Å². The molecule has 1 aromatic carbocycles. The Morgan fingerprint density at radius 3 is 2.62 bits per heavy atom. The molecule has 1 aliphatic carbocycles. The maximum atomic E-state index is 13.9. The minimum Gasteiger partial charge on any atom is -0.391 e. The molecule has 1 saturated carbocycles. The third kappa shape index (κ3) is 3.53. The van der Waals surface area contributed by atoms with Gasteiger partial charge in [0.15, 0.2) is 5.82 Å². The molecule has 26 heavy (non-hydrogen) atoms. The van der Waals surface area contributed by atoms with Crippen LogP contribution in [0.3, 0.4) is 0 Å². The van der Waals surface area contributed by atoms with Gasteiger partial charge < -0.3 is 10.4 Å². The van der Waals surface area contributed by atoms with Crippen LogP contribution in [-0.2, 0) is 0 Å². The Labute approximate surface area is 152 Å². The van der Waals surface area contributed by atoms with Crippen molar-refractivity contribution in [3.8, 4) is 0 Å². The third-order valence-corrected chi connectivity index (χ3v) is 5.82. The van der Waals surface area contributed by atoms with Gasteiger partial charge in [-0.1, -0.05) is 12.8 Å². The number of hydrogen-bond donors (Lipinski definition) is 2. The van der Waals surface area contributed by atoms with Gasteiger partial charge in [0.05, 0.1) is 6.10 Å². The predicted molar refractivity (Wildman–Crippen MR) is 98.1 cm³/mol. The zero-order chi connectivity index (χ0) is 18.1. The van der Waals surface area contributed by atoms with E-state index in [1.165, 1.54) is 12.5 Å². The highest BCUT2D eigenvalue weighted by molar-refractivity contribution is 5.91. The van der Waals surface area contributed by atoms with Crippen molar-refractivity contribution in [2.24, 2.45) is 0 Å². The maximum Gasteiger partial charge on any atom is 0.152 e. The van der Waals surface area contributed by atoms with Crippen LogP contribution in [0, 0.1) is 11.6 Å². The summed E-state index contributed by atoms with van der Waals surface area (Å²) in [5.74, 6) is -1.23. The van der Waals surface area contributed by atoms with Crippen LogP contribution in [0.25, 0.3) is 10.9 Å². The fourth-order valence-corrected chi connectivity index (χ4v) is 4.42. The molecule has 0 bridgehead atoms. The average Bonchev–Trinajstić information content (AvgIpc) is 2.64. The Morgan fingerprint density at radius 2 is 1.85 bits per heavy atom. The van der Waals surface area contributed by atoms with Gasteiger partial charge in [-0.15, -0.1) is 0 Å². The molecule has 4 nitrogen and oxygen atoms in total. The van der Waals surface area contributed by atoms with Gasteiger partial charge in [0.25, 0.3) is 0 Å². The van der Waals surface area contributed by atoms with Crippen molar-refractivity contribution >= 4 is 16.6 Å². The van der Waals surface area contributed by atoms with E-state index in [1.54, 1.807) is 12.3 Å². The number of pyridine rings is 1. The summed E-state index contributed by atoms with van der Waals surface area (Å²) in [6, 6.07) is 4.52. The van der Waals surface area contributed by atoms with Gasteiger partial charge in [-0.2, -0.15) is 0 Å². The van der Waals surface area contributed by atoms with Crippen molar-refractivity contribution in [2.75, 3.05) is 18.4 Å². The summed E-state index contributed by atoms with van der Waals surface area (Å²) in [7, 11) is 0. The Hall–Kier alpha value is -1.79. The van der Waals surface area contributed by atoms with Crippen LogP contribution in [0.5, 0.6) is 0 Å². The van der Waals surface area contributed by atoms with Crippen molar-refractivity contribution in [3.63, 3.8) is 0 Å². The topological polar surface area (TPSA) is 48.4 Å². The van der Waals surface area contributed by atoms with Gasteiger partial charge in [-0.3, -0.25) is 9.88 Å². The van der Waals surface area contributed by atoms with Crippen LogP contribution in [0.1, 0.15) is 38.5 Å². The van der Waals surface area contributed by atoms with Crippen LogP contribution < -0.4 is 5.32 Å². The normalized spacial score (nSPS) is 25.5. The number of aromatic nitrogens is 1. The van der Waals surface area contributed by atoms with E-state index in [9.17, 15) is 13.9 Å². The Balaban J connectivity index is 1.44. The molecule has 140 valence electrons. The molecule has 2 aromatic rings. The minimum absolute atomic E-state index is 0.194. The third-order valence-electron chi connectivity index (χ3n) is 5.82. The zero-order valence-corrected chi connectivity index (χ0v) is 14.8. The number of aliphatic hydroxyl groups is 1. The lowest BCUT2D eigenvalue weighted by Crippen LogP contribution is -2.50. The summed E-state index contributed by atoms with van der Waals surface area (Å²) in [6.45, 7) is 1.87. The second kappa shape index (κ2) is 7.45. The molecule has 2 unspecified atom stereocenters. The monoisotopic (exact) mass is 361 g/mol. The van der Waals surface area contributed by atoms with E-state index in [1.807, 2.05) is 0 Å². The summed E-state index contributed by atoms with van der Waals surface area (Å²) in [6.07, 6.45) is 7.55. The van der Waals surface area contributed by atoms with Crippen LogP contribution in [-0.4, -0.2) is 46.3 Å². The standard InChI is InChI=1S/C20H25F2N3O/c21-13-11-15-17(5-8-23-20(15)16(22)12-13)24-14-6-9-25(10-7-14)18-3-1-2-4-19(18)26/h5,8,11-12,14,18-19,26H,1-4,6-7,9-10H2,(H,23,24). The number of anilines is 1. The molecule has 2 aliphatic rings. The molecule has 2 heterocycles. The van der Waals surface area contributed by atoms with Gasteiger partial charge in [0.2, 0.25) is 0 Å². The number of nitrogens with zero attached hydrogens (tertiary/aromatic N) is 2. The van der Waals surface area contributed by atoms with Gasteiger partial charge in [-0.25, -0.2) is 8.78 Å². The lowest BCUT2D eigenvalue weighted by Gasteiger charge is -2.41. The van der Waals surface area contributed by atoms with Crippen molar-refractivity contribution in [1.29, 1.82) is 0 Å². The van der Waals surface area contributed by atoms with E-state index < -0.39 is 11.6 Å². The highest BCUT2D eigenvalue weighted by Crippen LogP contribution is 2.29. The smallest absolute Gasteiger partial charge is 0.152 e. The Kier molecular flexibility index (Phi) is 5.05. The molecule has 2 atom stereocenters. The van der Waals surface area contributed by atoms with Gasteiger partial charge in [0, 0.05) is 48.5 Å². The summed E-state index contributed by atoms with van der Waals surface area (Å²) in [5.41, 5.74) is 0.920. The summed E-state index contributed by atoms with van der Waals surface area (Å²) in [5, 5.41) is 14.2. The van der Waals surface area contributed by atoms with Crippen molar-refractivity contribution in [2.45, 2.75) is 56.7 Å². The first-order valence-corrected chi connectivity index (χ1v) is 9.54. The fraction of sp³-hybridized carbons (Fsp3) is 0.550. The molecular formula is C20H25F2N3O. The van der Waals surface area contributed by atoms with E-state index in [4.69, 9.17) is 0 Å². The first-order chi connectivity index (χ1) is 12.6. The van der Waals surface area contributed by atoms with E-state index in [0.29, 0.717) is 5.39 Å². The molecule has 1 aliphatic heterocycles. The number of aliphatic hydroxyl groups excluding tert-OH is 1. The van der Waals surface area contributed by atoms with Gasteiger partial charge in [-0.05, 0) is 37.8 Å². The van der Waals surface area contributed by atoms with Crippen molar-refractivity contribution < 1.29 is 13.9 Å². The van der Waals surface area contributed by atoms with E-state index in [0.717, 1.165) is 56.9 Å². The number of benzene rings is 1. The lowest BCUT2D eigenvalue weighted by molar-refractivity contribution is 0.00994. The second-order valence-electron chi connectivity index (χ2n) is 7.52. The van der Waals surface area contributed by atoms with Crippen molar-refractivity contribution in [1.82, 2.24) is 9.88 Å². The Bertz CT molecular complexity index is 777. The number of rotatable bonds is 3. The second-order valence-corrected chi connectivity index (χ2v) is 7.52. The summed E-state index contributed by atoms with van der Waals surface area (Å²) in [4.78, 5) is 6.45. The lowest BCUT2D eigenvalue weighted by atomic mass is 9.89. The quantitative estimate of drug-likeness (QED) is 0.875. The minimum atomic E-state index is -0.634.